The monoisotopic (exact) mass is 262 g/mol. The minimum atomic E-state index is -0.171. The highest BCUT2D eigenvalue weighted by Gasteiger charge is 2.13. The van der Waals surface area contributed by atoms with Gasteiger partial charge >= 0.3 is 0 Å². The summed E-state index contributed by atoms with van der Waals surface area (Å²) >= 11 is 0. The first kappa shape index (κ1) is 14.1. The normalized spacial score (nSPS) is 11.9. The average Bonchev–Trinajstić information content (AvgIpc) is 2.75. The van der Waals surface area contributed by atoms with Crippen LogP contribution in [0.3, 0.4) is 0 Å². The Morgan fingerprint density at radius 2 is 1.89 bits per heavy atom. The molecule has 0 radical (unpaired) electrons. The van der Waals surface area contributed by atoms with E-state index in [0.29, 0.717) is 0 Å². The van der Waals surface area contributed by atoms with Gasteiger partial charge in [-0.2, -0.15) is 0 Å². The van der Waals surface area contributed by atoms with Crippen molar-refractivity contribution in [2.45, 2.75) is 12.5 Å². The summed E-state index contributed by atoms with van der Waals surface area (Å²) in [6.07, 6.45) is 3.07. The number of aryl methyl sites for hydroxylation is 1. The van der Waals surface area contributed by atoms with Crippen molar-refractivity contribution in [3.05, 3.63) is 36.0 Å². The van der Waals surface area contributed by atoms with Crippen LogP contribution in [0, 0.1) is 0 Å². The molecule has 0 saturated heterocycles. The Balaban J connectivity index is 2.10. The van der Waals surface area contributed by atoms with E-state index in [1.54, 1.807) is 0 Å². The zero-order chi connectivity index (χ0) is 13.8. The number of likely N-dealkylation sites (N-methyl/N-ethyl adjacent to an activating group) is 1. The fourth-order valence-electron chi connectivity index (χ4n) is 2.44. The molecule has 0 saturated carbocycles. The standard InChI is InChI=1S/C15H22N2O2/c1-16(13(10-18)11-19)8-7-12-9-17(2)15-6-4-3-5-14(12)15/h3-6,9,13,18-19H,7-8,10-11H2,1-2H3. The molecular formula is C15H22N2O2. The predicted molar refractivity (Wildman–Crippen MR) is 77.2 cm³/mol. The van der Waals surface area contributed by atoms with Crippen molar-refractivity contribution in [2.75, 3.05) is 26.8 Å². The van der Waals surface area contributed by atoms with Crippen molar-refractivity contribution in [1.29, 1.82) is 0 Å². The molecule has 0 bridgehead atoms. The van der Waals surface area contributed by atoms with E-state index in [1.807, 2.05) is 18.0 Å². The molecule has 2 N–H and O–H groups in total. The molecule has 1 heterocycles. The van der Waals surface area contributed by atoms with Gasteiger partial charge in [0.15, 0.2) is 0 Å². The van der Waals surface area contributed by atoms with E-state index in [1.165, 1.54) is 16.5 Å². The van der Waals surface area contributed by atoms with Crippen molar-refractivity contribution in [3.63, 3.8) is 0 Å². The Labute approximate surface area is 113 Å². The van der Waals surface area contributed by atoms with E-state index >= 15 is 0 Å². The Kier molecular flexibility index (Phi) is 4.58. The largest absolute Gasteiger partial charge is 0.395 e. The number of para-hydroxylation sites is 1. The second-order valence-corrected chi connectivity index (χ2v) is 5.03. The van der Waals surface area contributed by atoms with Gasteiger partial charge < -0.3 is 14.8 Å². The number of fused-ring (bicyclic) bond motifs is 1. The minimum Gasteiger partial charge on any atom is -0.395 e. The third-order valence-electron chi connectivity index (χ3n) is 3.76. The summed E-state index contributed by atoms with van der Waals surface area (Å²) in [5, 5.41) is 19.6. The Morgan fingerprint density at radius 3 is 2.58 bits per heavy atom. The zero-order valence-electron chi connectivity index (χ0n) is 11.6. The summed E-state index contributed by atoms with van der Waals surface area (Å²) in [5.41, 5.74) is 2.54. The number of benzene rings is 1. The molecular weight excluding hydrogens is 240 g/mol. The second kappa shape index (κ2) is 6.19. The molecule has 0 aliphatic rings. The third kappa shape index (κ3) is 2.97. The van der Waals surface area contributed by atoms with Crippen LogP contribution in [0.4, 0.5) is 0 Å². The van der Waals surface area contributed by atoms with Crippen LogP contribution in [0.15, 0.2) is 30.5 Å². The van der Waals surface area contributed by atoms with Gasteiger partial charge in [0.05, 0.1) is 19.3 Å². The first-order chi connectivity index (χ1) is 9.17. The van der Waals surface area contributed by atoms with Crippen LogP contribution in [0.5, 0.6) is 0 Å². The number of aromatic nitrogens is 1. The summed E-state index contributed by atoms with van der Waals surface area (Å²) in [7, 11) is 3.99. The van der Waals surface area contributed by atoms with Crippen molar-refractivity contribution >= 4 is 10.9 Å². The molecule has 19 heavy (non-hydrogen) atoms. The van der Waals surface area contributed by atoms with Gasteiger partial charge in [-0.25, -0.2) is 0 Å². The van der Waals surface area contributed by atoms with Gasteiger partial charge in [-0.1, -0.05) is 18.2 Å². The summed E-state index contributed by atoms with van der Waals surface area (Å²) in [6.45, 7) is 0.796. The number of hydrogen-bond acceptors (Lipinski definition) is 3. The van der Waals surface area contributed by atoms with Crippen LogP contribution in [0.2, 0.25) is 0 Å². The molecule has 0 unspecified atom stereocenters. The lowest BCUT2D eigenvalue weighted by molar-refractivity contribution is 0.0926. The molecule has 2 aromatic rings. The molecule has 4 nitrogen and oxygen atoms in total. The Morgan fingerprint density at radius 1 is 1.21 bits per heavy atom. The highest BCUT2D eigenvalue weighted by molar-refractivity contribution is 5.83. The maximum absolute atomic E-state index is 9.16. The molecule has 1 aromatic carbocycles. The molecule has 0 fully saturated rings. The van der Waals surface area contributed by atoms with Crippen LogP contribution in [0.25, 0.3) is 10.9 Å². The van der Waals surface area contributed by atoms with E-state index in [9.17, 15) is 0 Å². The van der Waals surface area contributed by atoms with Gasteiger partial charge in [0.1, 0.15) is 0 Å². The highest BCUT2D eigenvalue weighted by atomic mass is 16.3. The summed E-state index contributed by atoms with van der Waals surface area (Å²) in [5.74, 6) is 0. The lowest BCUT2D eigenvalue weighted by Gasteiger charge is -2.24. The smallest absolute Gasteiger partial charge is 0.0609 e. The molecule has 4 heteroatoms. The van der Waals surface area contributed by atoms with Crippen LogP contribution in [0.1, 0.15) is 5.56 Å². The van der Waals surface area contributed by atoms with E-state index in [0.717, 1.165) is 13.0 Å². The minimum absolute atomic E-state index is 0.0114. The van der Waals surface area contributed by atoms with Crippen molar-refractivity contribution < 1.29 is 10.2 Å². The first-order valence-electron chi connectivity index (χ1n) is 6.62. The second-order valence-electron chi connectivity index (χ2n) is 5.03. The van der Waals surface area contributed by atoms with Gasteiger partial charge in [0, 0.05) is 30.7 Å². The molecule has 0 aliphatic carbocycles. The molecule has 104 valence electrons. The van der Waals surface area contributed by atoms with Gasteiger partial charge in [-0.15, -0.1) is 0 Å². The number of aliphatic hydroxyl groups excluding tert-OH is 2. The van der Waals surface area contributed by atoms with Gasteiger partial charge in [0.2, 0.25) is 0 Å². The van der Waals surface area contributed by atoms with Gasteiger partial charge in [-0.3, -0.25) is 4.90 Å². The number of hydrogen-bond donors (Lipinski definition) is 2. The van der Waals surface area contributed by atoms with Crippen molar-refractivity contribution in [1.82, 2.24) is 9.47 Å². The van der Waals surface area contributed by atoms with Crippen LogP contribution < -0.4 is 0 Å². The lowest BCUT2D eigenvalue weighted by atomic mass is 10.1. The fraction of sp³-hybridized carbons (Fsp3) is 0.467. The summed E-state index contributed by atoms with van der Waals surface area (Å²) in [4.78, 5) is 2.00. The number of aliphatic hydroxyl groups is 2. The third-order valence-corrected chi connectivity index (χ3v) is 3.76. The lowest BCUT2D eigenvalue weighted by Crippen LogP contribution is -2.38. The molecule has 0 atom stereocenters. The van der Waals surface area contributed by atoms with E-state index in [2.05, 4.69) is 36.0 Å². The molecule has 1 aromatic heterocycles. The van der Waals surface area contributed by atoms with E-state index < -0.39 is 0 Å². The Bertz CT molecular complexity index is 532. The summed E-state index contributed by atoms with van der Waals surface area (Å²) < 4.78 is 2.14. The number of nitrogens with zero attached hydrogens (tertiary/aromatic N) is 2. The van der Waals surface area contributed by atoms with E-state index in [-0.39, 0.29) is 19.3 Å². The maximum Gasteiger partial charge on any atom is 0.0609 e. The average molecular weight is 262 g/mol. The van der Waals surface area contributed by atoms with Gasteiger partial charge in [-0.05, 0) is 25.1 Å². The Hall–Kier alpha value is -1.36. The quantitative estimate of drug-likeness (QED) is 0.817. The fourth-order valence-corrected chi connectivity index (χ4v) is 2.44. The molecule has 0 aliphatic heterocycles. The number of rotatable bonds is 6. The molecule has 0 spiro atoms. The first-order valence-corrected chi connectivity index (χ1v) is 6.62. The zero-order valence-corrected chi connectivity index (χ0v) is 11.6. The highest BCUT2D eigenvalue weighted by Crippen LogP contribution is 2.20. The predicted octanol–water partition coefficient (Wildman–Crippen LogP) is 1.01. The topological polar surface area (TPSA) is 48.6 Å². The molecule has 0 amide bonds. The maximum atomic E-state index is 9.16. The van der Waals surface area contributed by atoms with Crippen LogP contribution >= 0.6 is 0 Å². The van der Waals surface area contributed by atoms with Crippen molar-refractivity contribution in [3.8, 4) is 0 Å². The summed E-state index contributed by atoms with van der Waals surface area (Å²) in [6, 6.07) is 8.19. The SMILES string of the molecule is CN(CCc1cn(C)c2ccccc12)C(CO)CO. The van der Waals surface area contributed by atoms with E-state index in [4.69, 9.17) is 10.2 Å². The van der Waals surface area contributed by atoms with Crippen LogP contribution in [-0.2, 0) is 13.5 Å². The molecule has 2 rings (SSSR count). The van der Waals surface area contributed by atoms with Crippen molar-refractivity contribution in [2.24, 2.45) is 7.05 Å². The van der Waals surface area contributed by atoms with Crippen LogP contribution in [-0.4, -0.2) is 52.5 Å². The van der Waals surface area contributed by atoms with Gasteiger partial charge in [0.25, 0.3) is 0 Å².